The zero-order valence-corrected chi connectivity index (χ0v) is 12.6. The minimum atomic E-state index is -2.13. The summed E-state index contributed by atoms with van der Waals surface area (Å²) in [4.78, 5) is 0. The van der Waals surface area contributed by atoms with Crippen molar-refractivity contribution in [3.63, 3.8) is 0 Å². The van der Waals surface area contributed by atoms with Gasteiger partial charge >= 0.3 is 0 Å². The summed E-state index contributed by atoms with van der Waals surface area (Å²) in [5.74, 6) is 0. The summed E-state index contributed by atoms with van der Waals surface area (Å²) >= 11 is 0. The van der Waals surface area contributed by atoms with Gasteiger partial charge in [0.2, 0.25) is 0 Å². The molecule has 1 aromatic rings. The van der Waals surface area contributed by atoms with Gasteiger partial charge in [-0.1, -0.05) is 57.0 Å². The van der Waals surface area contributed by atoms with Crippen LogP contribution in [0.1, 0.15) is 50.7 Å². The molecule has 0 spiro atoms. The summed E-state index contributed by atoms with van der Waals surface area (Å²) in [6.45, 7) is 9.34. The Morgan fingerprint density at radius 1 is 1.40 bits per heavy atom. The second-order valence-electron chi connectivity index (χ2n) is 6.18. The highest BCUT2D eigenvalue weighted by Gasteiger charge is 2.20. The smallest absolute Gasteiger partial charge is 0.147 e. The van der Waals surface area contributed by atoms with Crippen LogP contribution in [0.4, 0.5) is 0 Å². The Hall–Kier alpha value is -1.76. The van der Waals surface area contributed by atoms with Gasteiger partial charge in [0.1, 0.15) is 12.2 Å². The molecule has 20 heavy (non-hydrogen) atoms. The molecule has 0 unspecified atom stereocenters. The average molecular weight is 272 g/mol. The molecule has 1 heterocycles. The van der Waals surface area contributed by atoms with Crippen LogP contribution in [0.15, 0.2) is 42.1 Å². The minimum Gasteiger partial charge on any atom is -0.255 e. The SMILES string of the molecule is [2H]C([2H])([2H])c1ccc([C-]2C=CC(C([2H])([2H])C(C)(C)C)=C[N+]2=C)c(C)c1. The predicted molar refractivity (Wildman–Crippen MR) is 86.9 cm³/mol. The summed E-state index contributed by atoms with van der Waals surface area (Å²) in [7, 11) is 0. The van der Waals surface area contributed by atoms with E-state index in [0.29, 0.717) is 11.1 Å². The van der Waals surface area contributed by atoms with Crippen molar-refractivity contribution >= 4 is 6.72 Å². The largest absolute Gasteiger partial charge is 0.255 e. The molecule has 1 aromatic carbocycles. The number of nitrogens with zero attached hydrogens (tertiary/aromatic N) is 1. The Balaban J connectivity index is 2.35. The molecule has 0 aliphatic carbocycles. The molecule has 0 atom stereocenters. The highest BCUT2D eigenvalue weighted by molar-refractivity contribution is 5.45. The first-order valence-corrected chi connectivity index (χ1v) is 6.74. The third-order valence-electron chi connectivity index (χ3n) is 3.05. The summed E-state index contributed by atoms with van der Waals surface area (Å²) in [6.07, 6.45) is 3.82. The van der Waals surface area contributed by atoms with Gasteiger partial charge in [0.05, 0.1) is 6.72 Å². The van der Waals surface area contributed by atoms with E-state index in [9.17, 15) is 0 Å². The molecule has 0 bridgehead atoms. The summed E-state index contributed by atoms with van der Waals surface area (Å²) in [6, 6.07) is 5.87. The lowest BCUT2D eigenvalue weighted by Crippen LogP contribution is -2.17. The molecule has 0 aromatic heterocycles. The average Bonchev–Trinajstić information content (AvgIpc) is 2.45. The van der Waals surface area contributed by atoms with Crippen molar-refractivity contribution in [1.82, 2.24) is 0 Å². The van der Waals surface area contributed by atoms with Crippen molar-refractivity contribution in [2.45, 2.75) is 40.9 Å². The second-order valence-corrected chi connectivity index (χ2v) is 6.18. The van der Waals surface area contributed by atoms with Gasteiger partial charge in [0, 0.05) is 6.85 Å². The molecule has 1 heteroatoms. The lowest BCUT2D eigenvalue weighted by atomic mass is 9.86. The van der Waals surface area contributed by atoms with Crippen molar-refractivity contribution in [1.29, 1.82) is 0 Å². The van der Waals surface area contributed by atoms with Gasteiger partial charge in [-0.25, -0.2) is 0 Å². The molecule has 0 saturated carbocycles. The van der Waals surface area contributed by atoms with Gasteiger partial charge in [-0.15, -0.1) is 6.07 Å². The predicted octanol–water partition coefficient (Wildman–Crippen LogP) is 4.79. The van der Waals surface area contributed by atoms with Gasteiger partial charge in [-0.3, -0.25) is 4.58 Å². The summed E-state index contributed by atoms with van der Waals surface area (Å²) < 4.78 is 41.0. The molecular weight excluding hydrogens is 242 g/mol. The molecule has 0 saturated heterocycles. The van der Waals surface area contributed by atoms with E-state index in [1.54, 1.807) is 35.1 Å². The number of allylic oxidation sites excluding steroid dienone is 2. The van der Waals surface area contributed by atoms with Crippen LogP contribution in [-0.2, 0) is 0 Å². The summed E-state index contributed by atoms with van der Waals surface area (Å²) in [5, 5.41) is 0. The third-order valence-corrected chi connectivity index (χ3v) is 3.05. The van der Waals surface area contributed by atoms with Crippen molar-refractivity contribution < 1.29 is 11.4 Å². The van der Waals surface area contributed by atoms with Crippen LogP contribution < -0.4 is 0 Å². The first kappa shape index (κ1) is 9.23. The molecule has 1 aliphatic rings. The van der Waals surface area contributed by atoms with E-state index in [2.05, 4.69) is 6.72 Å². The van der Waals surface area contributed by atoms with Crippen LogP contribution in [0.25, 0.3) is 0 Å². The van der Waals surface area contributed by atoms with Crippen LogP contribution in [0.5, 0.6) is 0 Å². The Morgan fingerprint density at radius 3 is 2.70 bits per heavy atom. The fourth-order valence-corrected chi connectivity index (χ4v) is 2.25. The van der Waals surface area contributed by atoms with Gasteiger partial charge in [0.15, 0.2) is 0 Å². The molecule has 0 N–H and O–H groups in total. The van der Waals surface area contributed by atoms with E-state index >= 15 is 0 Å². The van der Waals surface area contributed by atoms with E-state index in [1.807, 2.05) is 33.8 Å². The normalized spacial score (nSPS) is 20.6. The number of aryl methyl sites for hydroxylation is 2. The molecule has 0 radical (unpaired) electrons. The fourth-order valence-electron chi connectivity index (χ4n) is 2.25. The Bertz CT molecular complexity index is 748. The number of hydrogen-bond acceptors (Lipinski definition) is 0. The third kappa shape index (κ3) is 3.41. The van der Waals surface area contributed by atoms with E-state index < -0.39 is 18.6 Å². The number of rotatable bonds is 2. The number of benzene rings is 1. The molecule has 0 fully saturated rings. The molecule has 106 valence electrons. The van der Waals surface area contributed by atoms with Crippen LogP contribution in [0.3, 0.4) is 0 Å². The van der Waals surface area contributed by atoms with Crippen molar-refractivity contribution in [3.05, 3.63) is 64.9 Å². The van der Waals surface area contributed by atoms with Crippen LogP contribution in [-0.4, -0.2) is 11.3 Å². The maximum absolute atomic E-state index is 8.39. The highest BCUT2D eigenvalue weighted by Crippen LogP contribution is 2.30. The monoisotopic (exact) mass is 272 g/mol. The zero-order valence-electron chi connectivity index (χ0n) is 17.6. The minimum absolute atomic E-state index is 0.310. The maximum Gasteiger partial charge on any atom is 0.147 e. The second kappa shape index (κ2) is 5.32. The molecule has 1 nitrogen and oxygen atoms in total. The fraction of sp³-hybridized carbons (Fsp3) is 0.368. The maximum atomic E-state index is 8.39. The Kier molecular flexibility index (Phi) is 2.45. The van der Waals surface area contributed by atoms with Gasteiger partial charge in [-0.2, -0.15) is 0 Å². The lowest BCUT2D eigenvalue weighted by molar-refractivity contribution is -0.419. The number of hydrogen-bond donors (Lipinski definition) is 0. The van der Waals surface area contributed by atoms with E-state index in [4.69, 9.17) is 6.85 Å². The molecule has 0 amide bonds. The van der Waals surface area contributed by atoms with Crippen molar-refractivity contribution in [2.24, 2.45) is 5.41 Å². The zero-order chi connectivity index (χ0) is 19.2. The first-order valence-electron chi connectivity index (χ1n) is 9.24. The summed E-state index contributed by atoms with van der Waals surface area (Å²) in [5.41, 5.74) is 2.06. The van der Waals surface area contributed by atoms with Crippen molar-refractivity contribution in [3.8, 4) is 0 Å². The van der Waals surface area contributed by atoms with Crippen LogP contribution in [0.2, 0.25) is 0 Å². The topological polar surface area (TPSA) is 3.01 Å². The lowest BCUT2D eigenvalue weighted by Gasteiger charge is -2.24. The standard InChI is InChI=1S/C19H25N/c1-14-7-9-17(15(2)11-14)18-10-8-16(13-20(18)6)12-19(3,4)5/h7-11,13H,6,12H2,1-5H3/i1D3,12D2. The highest BCUT2D eigenvalue weighted by atomic mass is 15.0. The van der Waals surface area contributed by atoms with Crippen molar-refractivity contribution in [2.75, 3.05) is 0 Å². The first-order chi connectivity index (χ1) is 11.2. The quantitative estimate of drug-likeness (QED) is 0.538. The van der Waals surface area contributed by atoms with Gasteiger partial charge < -0.3 is 0 Å². The molecular formula is C19H25N. The van der Waals surface area contributed by atoms with Crippen LogP contribution in [0, 0.1) is 25.2 Å². The Labute approximate surface area is 130 Å². The van der Waals surface area contributed by atoms with Gasteiger partial charge in [-0.05, 0) is 35.9 Å². The van der Waals surface area contributed by atoms with Crippen LogP contribution >= 0.6 is 0 Å². The van der Waals surface area contributed by atoms with E-state index in [-0.39, 0.29) is 0 Å². The van der Waals surface area contributed by atoms with Gasteiger partial charge in [0.25, 0.3) is 0 Å². The van der Waals surface area contributed by atoms with E-state index in [0.717, 1.165) is 17.2 Å². The Morgan fingerprint density at radius 2 is 2.15 bits per heavy atom. The molecule has 2 rings (SSSR count). The molecule has 1 aliphatic heterocycles. The van der Waals surface area contributed by atoms with E-state index in [1.165, 1.54) is 0 Å².